The van der Waals surface area contributed by atoms with Gasteiger partial charge in [-0.2, -0.15) is 5.10 Å². The van der Waals surface area contributed by atoms with E-state index >= 15 is 0 Å². The monoisotopic (exact) mass is 362 g/mol. The molecule has 0 radical (unpaired) electrons. The Morgan fingerprint density at radius 3 is 2.80 bits per heavy atom. The lowest BCUT2D eigenvalue weighted by Gasteiger charge is -2.05. The second-order valence-electron chi connectivity index (χ2n) is 5.30. The third kappa shape index (κ3) is 3.69. The van der Waals surface area contributed by atoms with Gasteiger partial charge in [0, 0.05) is 28.1 Å². The normalized spacial score (nSPS) is 11.4. The number of hydrogen-bond donors (Lipinski definition) is 0. The molecule has 25 heavy (non-hydrogen) atoms. The first-order chi connectivity index (χ1) is 12.0. The average Bonchev–Trinajstić information content (AvgIpc) is 2.92. The van der Waals surface area contributed by atoms with Crippen LogP contribution in [0, 0.1) is 11.6 Å². The molecular formula is C18H13ClF2N2O2. The molecule has 0 fully saturated rings. The number of nitrogens with zero attached hydrogens (tertiary/aromatic N) is 2. The van der Waals surface area contributed by atoms with Gasteiger partial charge < -0.3 is 4.74 Å². The van der Waals surface area contributed by atoms with E-state index < -0.39 is 17.6 Å². The first-order valence-electron chi connectivity index (χ1n) is 7.34. The number of ether oxygens (including phenoxy) is 1. The predicted molar refractivity (Wildman–Crippen MR) is 91.3 cm³/mol. The van der Waals surface area contributed by atoms with E-state index in [9.17, 15) is 13.6 Å². The van der Waals surface area contributed by atoms with E-state index in [4.69, 9.17) is 11.6 Å². The Balaban J connectivity index is 2.06. The Morgan fingerprint density at radius 1 is 1.28 bits per heavy atom. The summed E-state index contributed by atoms with van der Waals surface area (Å²) in [5.74, 6) is -1.81. The Bertz CT molecular complexity index is 983. The van der Waals surface area contributed by atoms with Crippen molar-refractivity contribution in [2.24, 2.45) is 0 Å². The maximum atomic E-state index is 13.9. The number of esters is 1. The molecule has 0 saturated heterocycles. The molecule has 0 unspecified atom stereocenters. The second kappa shape index (κ2) is 7.03. The van der Waals surface area contributed by atoms with Crippen molar-refractivity contribution in [3.63, 3.8) is 0 Å². The Kier molecular flexibility index (Phi) is 4.81. The van der Waals surface area contributed by atoms with Crippen molar-refractivity contribution in [1.29, 1.82) is 0 Å². The van der Waals surface area contributed by atoms with E-state index in [0.29, 0.717) is 16.2 Å². The van der Waals surface area contributed by atoms with Gasteiger partial charge in [0.15, 0.2) is 0 Å². The van der Waals surface area contributed by atoms with Crippen LogP contribution in [0.2, 0.25) is 5.02 Å². The van der Waals surface area contributed by atoms with Crippen LogP contribution < -0.4 is 0 Å². The standard InChI is InChI=1S/C18H13ClF2N2O2/c1-25-18(24)7-6-16-14-5-3-12(19)8-17(14)23(22-16)10-11-2-4-13(20)9-15(11)21/h2-9H,10H2,1H3/b7-6+. The summed E-state index contributed by atoms with van der Waals surface area (Å²) in [5.41, 5.74) is 1.47. The molecule has 1 heterocycles. The molecule has 0 atom stereocenters. The molecule has 4 nitrogen and oxygen atoms in total. The summed E-state index contributed by atoms with van der Waals surface area (Å²) >= 11 is 6.05. The highest BCUT2D eigenvalue weighted by Crippen LogP contribution is 2.25. The Labute approximate surface area is 147 Å². The summed E-state index contributed by atoms with van der Waals surface area (Å²) in [6, 6.07) is 8.54. The number of methoxy groups -OCH3 is 1. The van der Waals surface area contributed by atoms with Crippen LogP contribution in [-0.4, -0.2) is 22.9 Å². The highest BCUT2D eigenvalue weighted by Gasteiger charge is 2.12. The van der Waals surface area contributed by atoms with Crippen molar-refractivity contribution in [2.75, 3.05) is 7.11 Å². The molecule has 0 N–H and O–H groups in total. The van der Waals surface area contributed by atoms with Crippen LogP contribution >= 0.6 is 11.6 Å². The third-order valence-electron chi connectivity index (χ3n) is 3.66. The molecule has 0 amide bonds. The van der Waals surface area contributed by atoms with Crippen LogP contribution in [0.5, 0.6) is 0 Å². The highest BCUT2D eigenvalue weighted by molar-refractivity contribution is 6.31. The fourth-order valence-electron chi connectivity index (χ4n) is 2.44. The van der Waals surface area contributed by atoms with Crippen LogP contribution in [-0.2, 0) is 16.1 Å². The first kappa shape index (κ1) is 17.1. The summed E-state index contributed by atoms with van der Waals surface area (Å²) in [7, 11) is 1.28. The number of benzene rings is 2. The van der Waals surface area contributed by atoms with Crippen LogP contribution in [0.25, 0.3) is 17.0 Å². The average molecular weight is 363 g/mol. The summed E-state index contributed by atoms with van der Waals surface area (Å²) in [6.07, 6.45) is 2.76. The van der Waals surface area contributed by atoms with Crippen LogP contribution in [0.1, 0.15) is 11.3 Å². The van der Waals surface area contributed by atoms with Gasteiger partial charge in [0.2, 0.25) is 0 Å². The Hall–Kier alpha value is -2.73. The van der Waals surface area contributed by atoms with E-state index in [1.165, 1.54) is 31.4 Å². The first-order valence-corrected chi connectivity index (χ1v) is 7.72. The van der Waals surface area contributed by atoms with E-state index in [0.717, 1.165) is 11.5 Å². The lowest BCUT2D eigenvalue weighted by Crippen LogP contribution is -2.04. The smallest absolute Gasteiger partial charge is 0.330 e. The molecule has 0 saturated carbocycles. The second-order valence-corrected chi connectivity index (χ2v) is 5.73. The van der Waals surface area contributed by atoms with Crippen molar-refractivity contribution in [2.45, 2.75) is 6.54 Å². The van der Waals surface area contributed by atoms with Gasteiger partial charge in [-0.05, 0) is 30.3 Å². The fourth-order valence-corrected chi connectivity index (χ4v) is 2.61. The number of rotatable bonds is 4. The van der Waals surface area contributed by atoms with Crippen molar-refractivity contribution < 1.29 is 18.3 Å². The minimum atomic E-state index is -0.655. The van der Waals surface area contributed by atoms with E-state index in [2.05, 4.69) is 9.84 Å². The minimum absolute atomic E-state index is 0.0923. The summed E-state index contributed by atoms with van der Waals surface area (Å²) in [5, 5.41) is 5.64. The quantitative estimate of drug-likeness (QED) is 0.516. The maximum Gasteiger partial charge on any atom is 0.330 e. The SMILES string of the molecule is COC(=O)/C=C/c1nn(Cc2ccc(F)cc2F)c2cc(Cl)ccc12. The molecule has 7 heteroatoms. The van der Waals surface area contributed by atoms with Gasteiger partial charge in [-0.3, -0.25) is 4.68 Å². The zero-order valence-electron chi connectivity index (χ0n) is 13.2. The number of carbonyl (C=O) groups is 1. The number of carbonyl (C=O) groups excluding carboxylic acids is 1. The Morgan fingerprint density at radius 2 is 2.08 bits per heavy atom. The van der Waals surface area contributed by atoms with Gasteiger partial charge in [-0.15, -0.1) is 0 Å². The molecule has 0 aliphatic heterocycles. The highest BCUT2D eigenvalue weighted by atomic mass is 35.5. The predicted octanol–water partition coefficient (Wildman–Crippen LogP) is 4.20. The molecule has 0 aliphatic carbocycles. The largest absolute Gasteiger partial charge is 0.466 e. The van der Waals surface area contributed by atoms with Gasteiger partial charge in [0.25, 0.3) is 0 Å². The lowest BCUT2D eigenvalue weighted by molar-refractivity contribution is -0.134. The van der Waals surface area contributed by atoms with E-state index in [-0.39, 0.29) is 12.1 Å². The molecular weight excluding hydrogens is 350 g/mol. The van der Waals surface area contributed by atoms with Gasteiger partial charge in [-0.25, -0.2) is 13.6 Å². The van der Waals surface area contributed by atoms with Crippen LogP contribution in [0.4, 0.5) is 8.78 Å². The van der Waals surface area contributed by atoms with Crippen molar-refractivity contribution >= 4 is 34.5 Å². The van der Waals surface area contributed by atoms with Crippen molar-refractivity contribution in [3.05, 3.63) is 70.4 Å². The molecule has 128 valence electrons. The minimum Gasteiger partial charge on any atom is -0.466 e. The molecule has 0 aliphatic rings. The zero-order chi connectivity index (χ0) is 18.0. The van der Waals surface area contributed by atoms with Gasteiger partial charge in [0.1, 0.15) is 11.6 Å². The molecule has 2 aromatic carbocycles. The topological polar surface area (TPSA) is 44.1 Å². The van der Waals surface area contributed by atoms with Gasteiger partial charge >= 0.3 is 5.97 Å². The molecule has 0 bridgehead atoms. The summed E-state index contributed by atoms with van der Waals surface area (Å²) in [6.45, 7) is 0.0923. The van der Waals surface area contributed by atoms with Gasteiger partial charge in [0.05, 0.1) is 24.9 Å². The summed E-state index contributed by atoms with van der Waals surface area (Å²) < 4.78 is 33.1. The van der Waals surface area contributed by atoms with E-state index in [1.54, 1.807) is 22.9 Å². The zero-order valence-corrected chi connectivity index (χ0v) is 13.9. The van der Waals surface area contributed by atoms with Crippen molar-refractivity contribution in [1.82, 2.24) is 9.78 Å². The third-order valence-corrected chi connectivity index (χ3v) is 3.89. The number of hydrogen-bond acceptors (Lipinski definition) is 3. The van der Waals surface area contributed by atoms with Crippen molar-refractivity contribution in [3.8, 4) is 0 Å². The van der Waals surface area contributed by atoms with Crippen LogP contribution in [0.15, 0.2) is 42.5 Å². The maximum absolute atomic E-state index is 13.9. The number of aromatic nitrogens is 2. The molecule has 0 spiro atoms. The fraction of sp³-hybridized carbons (Fsp3) is 0.111. The van der Waals surface area contributed by atoms with Crippen LogP contribution in [0.3, 0.4) is 0 Å². The molecule has 3 aromatic rings. The molecule has 3 rings (SSSR count). The number of halogens is 3. The lowest BCUT2D eigenvalue weighted by atomic mass is 10.2. The van der Waals surface area contributed by atoms with E-state index in [1.807, 2.05) is 0 Å². The van der Waals surface area contributed by atoms with Gasteiger partial charge in [-0.1, -0.05) is 17.7 Å². The molecule has 1 aromatic heterocycles. The number of fused-ring (bicyclic) bond motifs is 1. The summed E-state index contributed by atoms with van der Waals surface area (Å²) in [4.78, 5) is 11.3.